The SMILES string of the molecule is C[C@@H]1CN(c2ncncc2I)CC(C)(C)O1. The molecule has 0 bridgehead atoms. The lowest BCUT2D eigenvalue weighted by Crippen LogP contribution is -2.52. The van der Waals surface area contributed by atoms with E-state index in [1.165, 1.54) is 0 Å². The summed E-state index contributed by atoms with van der Waals surface area (Å²) in [5, 5.41) is 0. The lowest BCUT2D eigenvalue weighted by Gasteiger charge is -2.42. The second-order valence-corrected chi connectivity index (χ2v) is 5.93. The average molecular weight is 333 g/mol. The van der Waals surface area contributed by atoms with Crippen LogP contribution in [0.4, 0.5) is 5.82 Å². The van der Waals surface area contributed by atoms with E-state index in [4.69, 9.17) is 4.74 Å². The summed E-state index contributed by atoms with van der Waals surface area (Å²) in [4.78, 5) is 10.6. The molecule has 4 nitrogen and oxygen atoms in total. The van der Waals surface area contributed by atoms with Crippen LogP contribution >= 0.6 is 22.6 Å². The Bertz CT molecular complexity index is 383. The molecule has 1 aliphatic rings. The minimum atomic E-state index is -0.119. The van der Waals surface area contributed by atoms with Crippen molar-refractivity contribution in [3.63, 3.8) is 0 Å². The molecule has 1 atom stereocenters. The fourth-order valence-corrected chi connectivity index (χ4v) is 2.80. The fourth-order valence-electron chi connectivity index (χ4n) is 2.15. The van der Waals surface area contributed by atoms with Crippen molar-refractivity contribution in [2.24, 2.45) is 0 Å². The van der Waals surface area contributed by atoms with Crippen LogP contribution in [-0.4, -0.2) is 34.8 Å². The minimum Gasteiger partial charge on any atom is -0.369 e. The average Bonchev–Trinajstić information content (AvgIpc) is 2.15. The van der Waals surface area contributed by atoms with Gasteiger partial charge in [0.2, 0.25) is 0 Å². The Morgan fingerprint density at radius 3 is 2.94 bits per heavy atom. The number of morpholine rings is 1. The molecule has 1 aromatic heterocycles. The predicted octanol–water partition coefficient (Wildman–Crippen LogP) is 2.08. The standard InChI is InChI=1S/C11H16IN3O/c1-8-5-15(6-11(2,3)16-8)10-9(12)4-13-7-14-10/h4,7-8H,5-6H2,1-3H3/t8-/m1/s1. The molecule has 0 spiro atoms. The topological polar surface area (TPSA) is 38.2 Å². The Balaban J connectivity index is 2.25. The lowest BCUT2D eigenvalue weighted by atomic mass is 10.1. The Morgan fingerprint density at radius 1 is 1.56 bits per heavy atom. The third-order valence-corrected chi connectivity index (χ3v) is 3.28. The third kappa shape index (κ3) is 2.63. The summed E-state index contributed by atoms with van der Waals surface area (Å²) in [5.74, 6) is 1.01. The van der Waals surface area contributed by atoms with E-state index in [-0.39, 0.29) is 11.7 Å². The molecule has 0 radical (unpaired) electrons. The van der Waals surface area contributed by atoms with Crippen LogP contribution < -0.4 is 4.90 Å². The van der Waals surface area contributed by atoms with Crippen molar-refractivity contribution in [3.8, 4) is 0 Å². The maximum Gasteiger partial charge on any atom is 0.145 e. The molecule has 0 unspecified atom stereocenters. The highest BCUT2D eigenvalue weighted by Crippen LogP contribution is 2.26. The zero-order valence-corrected chi connectivity index (χ0v) is 11.9. The maximum absolute atomic E-state index is 5.88. The van der Waals surface area contributed by atoms with Gasteiger partial charge in [-0.3, -0.25) is 0 Å². The molecule has 1 aliphatic heterocycles. The summed E-state index contributed by atoms with van der Waals surface area (Å²) in [6, 6.07) is 0. The van der Waals surface area contributed by atoms with E-state index in [9.17, 15) is 0 Å². The zero-order chi connectivity index (χ0) is 11.8. The Hall–Kier alpha value is -0.430. The van der Waals surface area contributed by atoms with Gasteiger partial charge < -0.3 is 9.64 Å². The minimum absolute atomic E-state index is 0.119. The first-order valence-corrected chi connectivity index (χ1v) is 6.44. The van der Waals surface area contributed by atoms with Crippen molar-refractivity contribution in [2.45, 2.75) is 32.5 Å². The molecule has 1 fully saturated rings. The first-order valence-electron chi connectivity index (χ1n) is 5.36. The fraction of sp³-hybridized carbons (Fsp3) is 0.636. The van der Waals surface area contributed by atoms with Crippen molar-refractivity contribution >= 4 is 28.4 Å². The molecule has 1 saturated heterocycles. The molecular weight excluding hydrogens is 317 g/mol. The van der Waals surface area contributed by atoms with Crippen molar-refractivity contribution in [1.82, 2.24) is 9.97 Å². The van der Waals surface area contributed by atoms with Crippen LogP contribution in [0.15, 0.2) is 12.5 Å². The van der Waals surface area contributed by atoms with Crippen LogP contribution in [0, 0.1) is 3.57 Å². The highest BCUT2D eigenvalue weighted by molar-refractivity contribution is 14.1. The van der Waals surface area contributed by atoms with Gasteiger partial charge in [-0.15, -0.1) is 0 Å². The normalized spacial score (nSPS) is 24.5. The van der Waals surface area contributed by atoms with Gasteiger partial charge in [-0.1, -0.05) is 0 Å². The molecule has 0 N–H and O–H groups in total. The van der Waals surface area contributed by atoms with Gasteiger partial charge in [0.25, 0.3) is 0 Å². The molecule has 0 aromatic carbocycles. The Morgan fingerprint density at radius 2 is 2.31 bits per heavy atom. The van der Waals surface area contributed by atoms with Gasteiger partial charge in [0.15, 0.2) is 0 Å². The maximum atomic E-state index is 5.88. The van der Waals surface area contributed by atoms with Crippen molar-refractivity contribution in [1.29, 1.82) is 0 Å². The number of hydrogen-bond acceptors (Lipinski definition) is 4. The van der Waals surface area contributed by atoms with E-state index in [0.29, 0.717) is 0 Å². The highest BCUT2D eigenvalue weighted by atomic mass is 127. The number of ether oxygens (including phenoxy) is 1. The van der Waals surface area contributed by atoms with Crippen molar-refractivity contribution in [3.05, 3.63) is 16.1 Å². The van der Waals surface area contributed by atoms with E-state index in [0.717, 1.165) is 22.5 Å². The number of nitrogens with zero attached hydrogens (tertiary/aromatic N) is 3. The summed E-state index contributed by atoms with van der Waals surface area (Å²) in [5.41, 5.74) is -0.119. The number of rotatable bonds is 1. The number of anilines is 1. The van der Waals surface area contributed by atoms with Gasteiger partial charge in [-0.25, -0.2) is 9.97 Å². The van der Waals surface area contributed by atoms with Gasteiger partial charge in [0.1, 0.15) is 12.1 Å². The van der Waals surface area contributed by atoms with Crippen LogP contribution in [0.3, 0.4) is 0 Å². The van der Waals surface area contributed by atoms with Gasteiger partial charge >= 0.3 is 0 Å². The number of halogens is 1. The van der Waals surface area contributed by atoms with E-state index < -0.39 is 0 Å². The predicted molar refractivity (Wildman–Crippen MR) is 71.6 cm³/mol. The largest absolute Gasteiger partial charge is 0.369 e. The summed E-state index contributed by atoms with van der Waals surface area (Å²) in [7, 11) is 0. The van der Waals surface area contributed by atoms with E-state index >= 15 is 0 Å². The molecule has 2 rings (SSSR count). The lowest BCUT2D eigenvalue weighted by molar-refractivity contribution is -0.0752. The second-order valence-electron chi connectivity index (χ2n) is 4.76. The van der Waals surface area contributed by atoms with Crippen LogP contribution in [0.25, 0.3) is 0 Å². The molecule has 0 saturated carbocycles. The zero-order valence-electron chi connectivity index (χ0n) is 9.77. The van der Waals surface area contributed by atoms with E-state index in [1.807, 2.05) is 6.20 Å². The van der Waals surface area contributed by atoms with Crippen LogP contribution in [-0.2, 0) is 4.74 Å². The molecule has 5 heteroatoms. The summed E-state index contributed by atoms with van der Waals surface area (Å²) in [6.07, 6.45) is 3.68. The van der Waals surface area contributed by atoms with E-state index in [1.54, 1.807) is 6.33 Å². The van der Waals surface area contributed by atoms with Crippen LogP contribution in [0.2, 0.25) is 0 Å². The second kappa shape index (κ2) is 4.44. The van der Waals surface area contributed by atoms with Gasteiger partial charge in [-0.05, 0) is 43.4 Å². The first-order chi connectivity index (χ1) is 7.48. The van der Waals surface area contributed by atoms with Gasteiger partial charge in [0.05, 0.1) is 15.3 Å². The van der Waals surface area contributed by atoms with Crippen molar-refractivity contribution < 1.29 is 4.74 Å². The smallest absolute Gasteiger partial charge is 0.145 e. The highest BCUT2D eigenvalue weighted by Gasteiger charge is 2.32. The van der Waals surface area contributed by atoms with Gasteiger partial charge in [-0.2, -0.15) is 0 Å². The molecular formula is C11H16IN3O. The van der Waals surface area contributed by atoms with Crippen molar-refractivity contribution in [2.75, 3.05) is 18.0 Å². The number of aromatic nitrogens is 2. The summed E-state index contributed by atoms with van der Waals surface area (Å²) in [6.45, 7) is 8.08. The Kier molecular flexibility index (Phi) is 3.34. The molecule has 2 heterocycles. The van der Waals surface area contributed by atoms with Gasteiger partial charge in [0, 0.05) is 19.3 Å². The molecule has 16 heavy (non-hydrogen) atoms. The number of hydrogen-bond donors (Lipinski definition) is 0. The molecule has 0 amide bonds. The molecule has 1 aromatic rings. The molecule has 88 valence electrons. The van der Waals surface area contributed by atoms with Crippen LogP contribution in [0.5, 0.6) is 0 Å². The molecule has 0 aliphatic carbocycles. The Labute approximate surface area is 110 Å². The summed E-state index contributed by atoms with van der Waals surface area (Å²) < 4.78 is 6.97. The van der Waals surface area contributed by atoms with E-state index in [2.05, 4.69) is 58.2 Å². The summed E-state index contributed by atoms with van der Waals surface area (Å²) >= 11 is 2.27. The monoisotopic (exact) mass is 333 g/mol. The first kappa shape index (κ1) is 12.0. The van der Waals surface area contributed by atoms with Crippen LogP contribution in [0.1, 0.15) is 20.8 Å². The quantitative estimate of drug-likeness (QED) is 0.738. The third-order valence-electron chi connectivity index (χ3n) is 2.52.